The lowest BCUT2D eigenvalue weighted by Gasteiger charge is -2.31. The number of aliphatic carboxylic acids is 1. The zero-order valence-corrected chi connectivity index (χ0v) is 26.2. The van der Waals surface area contributed by atoms with Crippen molar-refractivity contribution >= 4 is 33.5 Å². The number of carbonyl (C=O) groups is 3. The first kappa shape index (κ1) is 32.3. The molecule has 2 amide bonds. The molecule has 2 aliphatic heterocycles. The first-order valence-corrected chi connectivity index (χ1v) is 16.8. The molecule has 2 fully saturated rings. The van der Waals surface area contributed by atoms with Gasteiger partial charge in [-0.25, -0.2) is 13.2 Å². The lowest BCUT2D eigenvalue weighted by molar-refractivity contribution is -0.142. The fourth-order valence-corrected chi connectivity index (χ4v) is 7.66. The molecule has 0 bridgehead atoms. The third-order valence-electron chi connectivity index (χ3n) is 8.62. The number of carboxylic acids is 1. The maximum atomic E-state index is 13.3. The number of piperidine rings is 1. The van der Waals surface area contributed by atoms with E-state index in [1.54, 1.807) is 36.4 Å². The maximum absolute atomic E-state index is 13.3. The lowest BCUT2D eigenvalue weighted by atomic mass is 9.95. The number of hydrogen-bond donors (Lipinski definition) is 3. The Morgan fingerprint density at radius 3 is 2.16 bits per heavy atom. The van der Waals surface area contributed by atoms with E-state index in [-0.39, 0.29) is 29.7 Å². The quantitative estimate of drug-likeness (QED) is 0.293. The van der Waals surface area contributed by atoms with E-state index in [1.165, 1.54) is 17.7 Å². The van der Waals surface area contributed by atoms with E-state index in [0.29, 0.717) is 24.1 Å². The van der Waals surface area contributed by atoms with Crippen LogP contribution in [0.25, 0.3) is 0 Å². The average molecular weight is 633 g/mol. The molecule has 0 spiro atoms. The van der Waals surface area contributed by atoms with Crippen LogP contribution in [-0.4, -0.2) is 72.2 Å². The minimum atomic E-state index is -3.92. The van der Waals surface area contributed by atoms with Crippen LogP contribution in [0.1, 0.15) is 42.4 Å². The van der Waals surface area contributed by atoms with Crippen LogP contribution < -0.4 is 10.6 Å². The molecular formula is C34H40N4O6S. The summed E-state index contributed by atoms with van der Waals surface area (Å²) in [4.78, 5) is 40.7. The van der Waals surface area contributed by atoms with Crippen molar-refractivity contribution in [1.82, 2.24) is 14.5 Å². The summed E-state index contributed by atoms with van der Waals surface area (Å²) in [5.41, 5.74) is 3.45. The summed E-state index contributed by atoms with van der Waals surface area (Å²) in [6.07, 6.45) is 2.38. The summed E-state index contributed by atoms with van der Waals surface area (Å²) in [5, 5.41) is 15.4. The predicted octanol–water partition coefficient (Wildman–Crippen LogP) is 3.81. The third kappa shape index (κ3) is 8.16. The highest BCUT2D eigenvalue weighted by Crippen LogP contribution is 2.27. The van der Waals surface area contributed by atoms with Gasteiger partial charge in [0.15, 0.2) is 0 Å². The highest BCUT2D eigenvalue weighted by atomic mass is 32.2. The number of benzene rings is 3. The number of nitrogens with zero attached hydrogens (tertiary/aromatic N) is 2. The maximum Gasteiger partial charge on any atom is 0.326 e. The highest BCUT2D eigenvalue weighted by molar-refractivity contribution is 7.89. The highest BCUT2D eigenvalue weighted by Gasteiger charge is 2.40. The van der Waals surface area contributed by atoms with Gasteiger partial charge in [-0.15, -0.1) is 0 Å². The van der Waals surface area contributed by atoms with E-state index >= 15 is 0 Å². The van der Waals surface area contributed by atoms with E-state index in [2.05, 4.69) is 27.7 Å². The number of carboxylic acid groups (broad SMARTS) is 1. The Morgan fingerprint density at radius 1 is 0.844 bits per heavy atom. The second-order valence-electron chi connectivity index (χ2n) is 11.9. The zero-order chi connectivity index (χ0) is 32.0. The largest absolute Gasteiger partial charge is 0.480 e. The molecule has 0 unspecified atom stereocenters. The molecule has 5 rings (SSSR count). The van der Waals surface area contributed by atoms with E-state index in [4.69, 9.17) is 0 Å². The smallest absolute Gasteiger partial charge is 0.326 e. The number of likely N-dealkylation sites (tertiary alicyclic amines) is 1. The summed E-state index contributed by atoms with van der Waals surface area (Å²) in [6.45, 7) is 4.62. The van der Waals surface area contributed by atoms with Crippen molar-refractivity contribution in [2.45, 2.75) is 62.6 Å². The van der Waals surface area contributed by atoms with Crippen LogP contribution in [0.4, 0.5) is 5.69 Å². The molecule has 45 heavy (non-hydrogen) atoms. The molecule has 3 aromatic carbocycles. The molecule has 10 nitrogen and oxygen atoms in total. The van der Waals surface area contributed by atoms with Crippen molar-refractivity contribution in [3.05, 3.63) is 95.6 Å². The average Bonchev–Trinajstić information content (AvgIpc) is 3.54. The second kappa shape index (κ2) is 14.4. The molecule has 0 saturated carbocycles. The van der Waals surface area contributed by atoms with Gasteiger partial charge < -0.3 is 15.7 Å². The normalized spacial score (nSPS) is 18.7. The SMILES string of the molecule is Cc1ccc(S(=O)(=O)N2CCC[C@H]2C(=O)N[C@@H](Cc2ccc(NC(=O)C3CCN(Cc4ccccc4)CC3)cc2)C(=O)O)cc1. The molecule has 238 valence electrons. The van der Waals surface area contributed by atoms with Crippen molar-refractivity contribution in [2.24, 2.45) is 5.92 Å². The predicted molar refractivity (Wildman–Crippen MR) is 171 cm³/mol. The molecule has 0 aromatic heterocycles. The minimum Gasteiger partial charge on any atom is -0.480 e. The summed E-state index contributed by atoms with van der Waals surface area (Å²) in [5.74, 6) is -1.95. The summed E-state index contributed by atoms with van der Waals surface area (Å²) < 4.78 is 27.7. The Bertz CT molecular complexity index is 1590. The molecule has 2 atom stereocenters. The van der Waals surface area contributed by atoms with E-state index < -0.39 is 34.0 Å². The molecule has 3 aromatic rings. The Kier molecular flexibility index (Phi) is 10.3. The van der Waals surface area contributed by atoms with Crippen LogP contribution in [-0.2, 0) is 37.4 Å². The number of carbonyl (C=O) groups excluding carboxylic acids is 2. The lowest BCUT2D eigenvalue weighted by Crippen LogP contribution is -2.51. The molecule has 0 aliphatic carbocycles. The number of hydrogen-bond acceptors (Lipinski definition) is 6. The molecule has 2 saturated heterocycles. The van der Waals surface area contributed by atoms with Gasteiger partial charge in [0.1, 0.15) is 12.1 Å². The van der Waals surface area contributed by atoms with Crippen LogP contribution in [0.5, 0.6) is 0 Å². The van der Waals surface area contributed by atoms with Crippen LogP contribution in [0, 0.1) is 12.8 Å². The fourth-order valence-electron chi connectivity index (χ4n) is 6.00. The van der Waals surface area contributed by atoms with E-state index in [9.17, 15) is 27.9 Å². The standard InChI is InChI=1S/C34H40N4O6S/c1-24-9-15-29(16-10-24)45(43,44)38-19-5-8-31(38)33(40)36-30(34(41)42)22-25-11-13-28(14-12-25)35-32(39)27-17-20-37(21-18-27)23-26-6-3-2-4-7-26/h2-4,6-7,9-16,27,30-31H,5,8,17-23H2,1H3,(H,35,39)(H,36,40)(H,41,42)/t30-,31-/m0/s1. The number of aryl methyl sites for hydroxylation is 1. The van der Waals surface area contributed by atoms with Gasteiger partial charge in [-0.2, -0.15) is 4.31 Å². The van der Waals surface area contributed by atoms with Crippen molar-refractivity contribution < 1.29 is 27.9 Å². The minimum absolute atomic E-state index is 0.00655. The van der Waals surface area contributed by atoms with Gasteiger partial charge in [0.25, 0.3) is 0 Å². The van der Waals surface area contributed by atoms with Gasteiger partial charge in [0.2, 0.25) is 21.8 Å². The fraction of sp³-hybridized carbons (Fsp3) is 0.382. The summed E-state index contributed by atoms with van der Waals surface area (Å²) in [7, 11) is -3.92. The topological polar surface area (TPSA) is 136 Å². The van der Waals surface area contributed by atoms with E-state index in [1.807, 2.05) is 25.1 Å². The summed E-state index contributed by atoms with van der Waals surface area (Å²) >= 11 is 0. The number of anilines is 1. The van der Waals surface area contributed by atoms with Crippen molar-refractivity contribution in [3.8, 4) is 0 Å². The molecule has 0 radical (unpaired) electrons. The zero-order valence-electron chi connectivity index (χ0n) is 25.4. The van der Waals surface area contributed by atoms with Crippen LogP contribution >= 0.6 is 0 Å². The van der Waals surface area contributed by atoms with Crippen molar-refractivity contribution in [1.29, 1.82) is 0 Å². The first-order chi connectivity index (χ1) is 21.6. The molecule has 3 N–H and O–H groups in total. The molecular weight excluding hydrogens is 592 g/mol. The van der Waals surface area contributed by atoms with Crippen LogP contribution in [0.3, 0.4) is 0 Å². The van der Waals surface area contributed by atoms with Crippen LogP contribution in [0.2, 0.25) is 0 Å². The summed E-state index contributed by atoms with van der Waals surface area (Å²) in [6, 6.07) is 21.4. The number of nitrogens with one attached hydrogen (secondary N) is 2. The van der Waals surface area contributed by atoms with E-state index in [0.717, 1.165) is 42.3 Å². The second-order valence-corrected chi connectivity index (χ2v) is 13.8. The van der Waals surface area contributed by atoms with Crippen molar-refractivity contribution in [2.75, 3.05) is 25.0 Å². The van der Waals surface area contributed by atoms with Gasteiger partial charge in [-0.05, 0) is 81.1 Å². The van der Waals surface area contributed by atoms with Gasteiger partial charge in [0, 0.05) is 31.1 Å². The first-order valence-electron chi connectivity index (χ1n) is 15.4. The Hall–Kier alpha value is -4.06. The molecule has 2 heterocycles. The Labute approximate surface area is 264 Å². The van der Waals surface area contributed by atoms with Gasteiger partial charge in [-0.3, -0.25) is 14.5 Å². The monoisotopic (exact) mass is 632 g/mol. The van der Waals surface area contributed by atoms with Gasteiger partial charge >= 0.3 is 5.97 Å². The van der Waals surface area contributed by atoms with Crippen LogP contribution in [0.15, 0.2) is 83.8 Å². The Morgan fingerprint density at radius 2 is 1.51 bits per heavy atom. The van der Waals surface area contributed by atoms with Gasteiger partial charge in [0.05, 0.1) is 4.90 Å². The molecule has 11 heteroatoms. The van der Waals surface area contributed by atoms with Crippen molar-refractivity contribution in [3.63, 3.8) is 0 Å². The third-order valence-corrected chi connectivity index (χ3v) is 10.5. The molecule has 2 aliphatic rings. The Balaban J connectivity index is 1.13. The van der Waals surface area contributed by atoms with Gasteiger partial charge in [-0.1, -0.05) is 60.2 Å². The number of rotatable bonds is 11. The number of amides is 2. The number of sulfonamides is 1.